The minimum Gasteiger partial charge on any atom is -0.497 e. The molecule has 0 heterocycles. The number of hydrogen-bond acceptors (Lipinski definition) is 4. The topological polar surface area (TPSA) is 44.8 Å². The smallest absolute Gasteiger partial charge is 0.192 e. The summed E-state index contributed by atoms with van der Waals surface area (Å²) in [5, 5.41) is 0.103. The predicted octanol–water partition coefficient (Wildman–Crippen LogP) is 5.46. The summed E-state index contributed by atoms with van der Waals surface area (Å²) >= 11 is 0. The number of benzene rings is 1. The second-order valence-electron chi connectivity index (χ2n) is 9.08. The molecule has 0 unspecified atom stereocenters. The molecule has 5 heteroatoms. The average Bonchev–Trinajstić information content (AvgIpc) is 2.58. The Bertz CT molecular complexity index is 589. The van der Waals surface area contributed by atoms with Gasteiger partial charge in [-0.15, -0.1) is 0 Å². The molecule has 0 aliphatic heterocycles. The zero-order chi connectivity index (χ0) is 20.8. The Labute approximate surface area is 166 Å². The molecule has 1 aromatic carbocycles. The van der Waals surface area contributed by atoms with Gasteiger partial charge in [0.2, 0.25) is 0 Å². The Morgan fingerprint density at radius 3 is 2.11 bits per heavy atom. The molecule has 1 aromatic rings. The highest BCUT2D eigenvalue weighted by molar-refractivity contribution is 6.74. The van der Waals surface area contributed by atoms with Crippen molar-refractivity contribution in [3.63, 3.8) is 0 Å². The lowest BCUT2D eigenvalue weighted by Gasteiger charge is -2.42. The molecule has 0 N–H and O–H groups in total. The van der Waals surface area contributed by atoms with Gasteiger partial charge >= 0.3 is 0 Å². The number of hydrogen-bond donors (Lipinski definition) is 0. The van der Waals surface area contributed by atoms with Crippen LogP contribution in [0.25, 0.3) is 0 Å². The third-order valence-electron chi connectivity index (χ3n) is 5.74. The molecule has 0 bridgehead atoms. The quantitative estimate of drug-likeness (QED) is 0.494. The lowest BCUT2D eigenvalue weighted by molar-refractivity contribution is -0.124. The average molecular weight is 395 g/mol. The van der Waals surface area contributed by atoms with Gasteiger partial charge in [0.1, 0.15) is 11.5 Å². The maximum absolute atomic E-state index is 12.1. The molecule has 27 heavy (non-hydrogen) atoms. The molecule has 0 saturated carbocycles. The van der Waals surface area contributed by atoms with Crippen LogP contribution in [0.4, 0.5) is 0 Å². The third kappa shape index (κ3) is 7.05. The molecule has 1 rings (SSSR count). The van der Waals surface area contributed by atoms with Crippen molar-refractivity contribution >= 4 is 14.1 Å². The van der Waals surface area contributed by atoms with Crippen molar-refractivity contribution in [2.75, 3.05) is 13.7 Å². The van der Waals surface area contributed by atoms with Crippen LogP contribution in [0.15, 0.2) is 24.3 Å². The lowest BCUT2D eigenvalue weighted by Crippen LogP contribution is -2.49. The molecule has 0 radical (unpaired) electrons. The predicted molar refractivity (Wildman–Crippen MR) is 114 cm³/mol. The number of methoxy groups -OCH3 is 1. The minimum atomic E-state index is -1.97. The first kappa shape index (κ1) is 23.9. The summed E-state index contributed by atoms with van der Waals surface area (Å²) in [6, 6.07) is 7.88. The van der Waals surface area contributed by atoms with Crippen LogP contribution >= 0.6 is 0 Å². The zero-order valence-corrected chi connectivity index (χ0v) is 19.6. The molecule has 3 atom stereocenters. The van der Waals surface area contributed by atoms with Crippen LogP contribution in [0.2, 0.25) is 18.1 Å². The van der Waals surface area contributed by atoms with Crippen molar-refractivity contribution in [3.8, 4) is 5.75 Å². The van der Waals surface area contributed by atoms with Crippen LogP contribution in [0.3, 0.4) is 0 Å². The number of rotatable bonds is 10. The summed E-state index contributed by atoms with van der Waals surface area (Å²) in [6.07, 6.45) is -0.126. The normalized spacial score (nSPS) is 15.9. The number of carbonyl (C=O) groups excluding carboxylic acids is 1. The maximum atomic E-state index is 12.1. The molecule has 154 valence electrons. The van der Waals surface area contributed by atoms with Crippen molar-refractivity contribution < 1.29 is 18.7 Å². The molecule has 0 aliphatic carbocycles. The van der Waals surface area contributed by atoms with Gasteiger partial charge in [0.25, 0.3) is 0 Å². The fraction of sp³-hybridized carbons (Fsp3) is 0.682. The molecular formula is C22H38O4Si. The van der Waals surface area contributed by atoms with Crippen LogP contribution < -0.4 is 4.74 Å². The Morgan fingerprint density at radius 2 is 1.67 bits per heavy atom. The van der Waals surface area contributed by atoms with E-state index < -0.39 is 8.32 Å². The van der Waals surface area contributed by atoms with Crippen molar-refractivity contribution in [1.82, 2.24) is 0 Å². The molecule has 0 fully saturated rings. The molecule has 0 aromatic heterocycles. The van der Waals surface area contributed by atoms with Gasteiger partial charge in [0.05, 0.1) is 26.4 Å². The fourth-order valence-corrected chi connectivity index (χ4v) is 4.11. The van der Waals surface area contributed by atoms with Crippen LogP contribution in [-0.2, 0) is 20.6 Å². The van der Waals surface area contributed by atoms with Crippen LogP contribution in [-0.4, -0.2) is 33.9 Å². The van der Waals surface area contributed by atoms with E-state index in [-0.39, 0.29) is 28.8 Å². The van der Waals surface area contributed by atoms with Crippen molar-refractivity contribution in [1.29, 1.82) is 0 Å². The van der Waals surface area contributed by atoms with Crippen molar-refractivity contribution in [2.24, 2.45) is 11.8 Å². The van der Waals surface area contributed by atoms with Crippen LogP contribution in [0.5, 0.6) is 5.75 Å². The van der Waals surface area contributed by atoms with E-state index in [4.69, 9.17) is 13.9 Å². The van der Waals surface area contributed by atoms with Gasteiger partial charge in [0.15, 0.2) is 8.32 Å². The lowest BCUT2D eigenvalue weighted by atomic mass is 9.91. The van der Waals surface area contributed by atoms with Gasteiger partial charge in [-0.05, 0) is 42.8 Å². The van der Waals surface area contributed by atoms with E-state index in [0.29, 0.717) is 13.2 Å². The summed E-state index contributed by atoms with van der Waals surface area (Å²) < 4.78 is 17.8. The van der Waals surface area contributed by atoms with E-state index in [9.17, 15) is 4.79 Å². The summed E-state index contributed by atoms with van der Waals surface area (Å²) in [6.45, 7) is 18.0. The van der Waals surface area contributed by atoms with E-state index in [1.54, 1.807) is 14.0 Å². The fourth-order valence-electron chi connectivity index (χ4n) is 2.64. The number of ketones is 1. The van der Waals surface area contributed by atoms with E-state index >= 15 is 0 Å². The Morgan fingerprint density at radius 1 is 1.11 bits per heavy atom. The second kappa shape index (κ2) is 9.85. The molecule has 0 spiro atoms. The zero-order valence-electron chi connectivity index (χ0n) is 18.6. The molecule has 0 amide bonds. The third-order valence-corrected chi connectivity index (χ3v) is 10.2. The van der Waals surface area contributed by atoms with Gasteiger partial charge in [0, 0.05) is 11.8 Å². The van der Waals surface area contributed by atoms with Crippen molar-refractivity contribution in [2.45, 2.75) is 72.4 Å². The van der Waals surface area contributed by atoms with E-state index in [0.717, 1.165) is 11.3 Å². The number of carbonyl (C=O) groups is 1. The Balaban J connectivity index is 2.75. The summed E-state index contributed by atoms with van der Waals surface area (Å²) in [7, 11) is -0.316. The molecule has 4 nitrogen and oxygen atoms in total. The van der Waals surface area contributed by atoms with Crippen LogP contribution in [0, 0.1) is 11.8 Å². The van der Waals surface area contributed by atoms with Gasteiger partial charge in [-0.2, -0.15) is 0 Å². The molecule has 0 aliphatic rings. The monoisotopic (exact) mass is 394 g/mol. The van der Waals surface area contributed by atoms with E-state index in [1.165, 1.54) is 0 Å². The SMILES string of the molecule is COc1ccc(COC[C@H](C)[C@H](O[Si](C)(C)C(C)(C)C)[C@@H](C)C(C)=O)cc1. The molecule has 0 saturated heterocycles. The summed E-state index contributed by atoms with van der Waals surface area (Å²) in [5.74, 6) is 1.00. The highest BCUT2D eigenvalue weighted by atomic mass is 28.4. The highest BCUT2D eigenvalue weighted by Crippen LogP contribution is 2.39. The van der Waals surface area contributed by atoms with E-state index in [2.05, 4.69) is 40.8 Å². The summed E-state index contributed by atoms with van der Waals surface area (Å²) in [5.41, 5.74) is 1.10. The van der Waals surface area contributed by atoms with Crippen LogP contribution in [0.1, 0.15) is 47.1 Å². The standard InChI is InChI=1S/C22H38O4Si/c1-16(14-25-15-19-10-12-20(24-7)13-11-19)21(17(2)18(3)23)26-27(8,9)22(4,5)6/h10-13,16-17,21H,14-15H2,1-9H3/t16-,17-,21-/m0/s1. The highest BCUT2D eigenvalue weighted by Gasteiger charge is 2.42. The van der Waals surface area contributed by atoms with Crippen molar-refractivity contribution in [3.05, 3.63) is 29.8 Å². The number of ether oxygens (including phenoxy) is 2. The Hall–Kier alpha value is -1.17. The first-order valence-corrected chi connectivity index (χ1v) is 12.7. The minimum absolute atomic E-state index is 0.103. The van der Waals surface area contributed by atoms with Gasteiger partial charge in [-0.3, -0.25) is 4.79 Å². The van der Waals surface area contributed by atoms with Gasteiger partial charge in [-0.1, -0.05) is 46.8 Å². The van der Waals surface area contributed by atoms with Gasteiger partial charge in [-0.25, -0.2) is 0 Å². The first-order valence-electron chi connectivity index (χ1n) is 9.78. The number of Topliss-reactive ketones (excluding diaryl/α,β-unsaturated/α-hetero) is 1. The molecular weight excluding hydrogens is 356 g/mol. The largest absolute Gasteiger partial charge is 0.497 e. The Kier molecular flexibility index (Phi) is 8.71. The summed E-state index contributed by atoms with van der Waals surface area (Å²) in [4.78, 5) is 12.1. The first-order chi connectivity index (χ1) is 12.4. The van der Waals surface area contributed by atoms with E-state index in [1.807, 2.05) is 31.2 Å². The van der Waals surface area contributed by atoms with Gasteiger partial charge < -0.3 is 13.9 Å². The maximum Gasteiger partial charge on any atom is 0.192 e. The second-order valence-corrected chi connectivity index (χ2v) is 13.8.